The van der Waals surface area contributed by atoms with E-state index in [1.54, 1.807) is 12.1 Å². The molecule has 0 aromatic heterocycles. The van der Waals surface area contributed by atoms with E-state index in [1.165, 1.54) is 11.6 Å². The lowest BCUT2D eigenvalue weighted by atomic mass is 10.1. The number of aliphatic hydroxyl groups is 1. The number of nitrogens with one attached hydrogen (secondary N) is 1. The molecule has 100 valence electrons. The summed E-state index contributed by atoms with van der Waals surface area (Å²) in [4.78, 5) is 1.15. The third kappa shape index (κ3) is 4.16. The van der Waals surface area contributed by atoms with Gasteiger partial charge in [-0.15, -0.1) is 0 Å². The molecule has 0 saturated heterocycles. The SMILES string of the molecule is OCC[NH+](Cc1ccccc1)Cc1ccccc1F. The molecule has 2 aromatic rings. The third-order valence-corrected chi connectivity index (χ3v) is 3.16. The van der Waals surface area contributed by atoms with E-state index in [0.717, 1.165) is 11.4 Å². The summed E-state index contributed by atoms with van der Waals surface area (Å²) in [6, 6.07) is 16.9. The van der Waals surface area contributed by atoms with Crippen molar-refractivity contribution in [2.75, 3.05) is 13.2 Å². The van der Waals surface area contributed by atoms with E-state index >= 15 is 0 Å². The zero-order valence-corrected chi connectivity index (χ0v) is 10.8. The Morgan fingerprint density at radius 2 is 1.58 bits per heavy atom. The van der Waals surface area contributed by atoms with Crippen LogP contribution in [0.25, 0.3) is 0 Å². The molecule has 0 radical (unpaired) electrons. The van der Waals surface area contributed by atoms with Gasteiger partial charge in [0, 0.05) is 11.1 Å². The van der Waals surface area contributed by atoms with Crippen molar-refractivity contribution in [2.24, 2.45) is 0 Å². The number of aliphatic hydroxyl groups excluding tert-OH is 1. The van der Waals surface area contributed by atoms with Crippen LogP contribution in [0.1, 0.15) is 11.1 Å². The van der Waals surface area contributed by atoms with Crippen LogP contribution in [0.5, 0.6) is 0 Å². The van der Waals surface area contributed by atoms with Gasteiger partial charge in [0.1, 0.15) is 25.5 Å². The van der Waals surface area contributed by atoms with Crippen molar-refractivity contribution < 1.29 is 14.4 Å². The van der Waals surface area contributed by atoms with Crippen molar-refractivity contribution in [3.63, 3.8) is 0 Å². The van der Waals surface area contributed by atoms with Crippen molar-refractivity contribution in [2.45, 2.75) is 13.1 Å². The van der Waals surface area contributed by atoms with E-state index in [4.69, 9.17) is 5.11 Å². The predicted molar refractivity (Wildman–Crippen MR) is 73.2 cm³/mol. The number of rotatable bonds is 6. The molecule has 0 amide bonds. The Labute approximate surface area is 113 Å². The molecule has 1 atom stereocenters. The fourth-order valence-corrected chi connectivity index (χ4v) is 2.19. The molecule has 1 unspecified atom stereocenters. The highest BCUT2D eigenvalue weighted by Crippen LogP contribution is 2.04. The highest BCUT2D eigenvalue weighted by molar-refractivity contribution is 5.16. The second-order valence-electron chi connectivity index (χ2n) is 4.65. The second-order valence-corrected chi connectivity index (χ2v) is 4.65. The second kappa shape index (κ2) is 7.02. The zero-order valence-electron chi connectivity index (χ0n) is 10.8. The highest BCUT2D eigenvalue weighted by atomic mass is 19.1. The van der Waals surface area contributed by atoms with E-state index in [1.807, 2.05) is 24.3 Å². The van der Waals surface area contributed by atoms with E-state index in [-0.39, 0.29) is 12.4 Å². The van der Waals surface area contributed by atoms with Gasteiger partial charge in [-0.05, 0) is 6.07 Å². The molecule has 2 rings (SSSR count). The maximum atomic E-state index is 13.7. The third-order valence-electron chi connectivity index (χ3n) is 3.16. The van der Waals surface area contributed by atoms with Crippen molar-refractivity contribution in [1.29, 1.82) is 0 Å². The lowest BCUT2D eigenvalue weighted by Gasteiger charge is -2.19. The summed E-state index contributed by atoms with van der Waals surface area (Å²) in [6.07, 6.45) is 0. The molecular formula is C16H19FNO+. The van der Waals surface area contributed by atoms with Crippen LogP contribution in [0, 0.1) is 5.82 Å². The predicted octanol–water partition coefficient (Wildman–Crippen LogP) is 1.40. The Balaban J connectivity index is 2.06. The van der Waals surface area contributed by atoms with Gasteiger partial charge in [0.15, 0.2) is 0 Å². The van der Waals surface area contributed by atoms with E-state index in [2.05, 4.69) is 12.1 Å². The van der Waals surface area contributed by atoms with Gasteiger partial charge in [0.05, 0.1) is 6.61 Å². The summed E-state index contributed by atoms with van der Waals surface area (Å²) < 4.78 is 13.7. The van der Waals surface area contributed by atoms with Gasteiger partial charge < -0.3 is 10.0 Å². The zero-order chi connectivity index (χ0) is 13.5. The lowest BCUT2D eigenvalue weighted by Crippen LogP contribution is -3.09. The number of quaternary nitrogens is 1. The average molecular weight is 260 g/mol. The van der Waals surface area contributed by atoms with Crippen LogP contribution in [0.3, 0.4) is 0 Å². The van der Waals surface area contributed by atoms with Crippen LogP contribution >= 0.6 is 0 Å². The van der Waals surface area contributed by atoms with Gasteiger partial charge in [-0.25, -0.2) is 4.39 Å². The van der Waals surface area contributed by atoms with Crippen molar-refractivity contribution in [1.82, 2.24) is 0 Å². The molecule has 19 heavy (non-hydrogen) atoms. The van der Waals surface area contributed by atoms with Crippen LogP contribution in [0.4, 0.5) is 4.39 Å². The molecular weight excluding hydrogens is 241 g/mol. The van der Waals surface area contributed by atoms with Gasteiger partial charge in [-0.3, -0.25) is 0 Å². The molecule has 2 N–H and O–H groups in total. The quantitative estimate of drug-likeness (QED) is 0.806. The maximum Gasteiger partial charge on any atom is 0.132 e. The van der Waals surface area contributed by atoms with Crippen LogP contribution in [0.15, 0.2) is 54.6 Å². The van der Waals surface area contributed by atoms with Crippen molar-refractivity contribution >= 4 is 0 Å². The number of hydrogen-bond donors (Lipinski definition) is 2. The number of halogens is 1. The first-order valence-corrected chi connectivity index (χ1v) is 6.51. The monoisotopic (exact) mass is 260 g/mol. The van der Waals surface area contributed by atoms with Crippen molar-refractivity contribution in [3.05, 3.63) is 71.5 Å². The van der Waals surface area contributed by atoms with E-state index in [9.17, 15) is 4.39 Å². The Morgan fingerprint density at radius 1 is 0.895 bits per heavy atom. The number of benzene rings is 2. The summed E-state index contributed by atoms with van der Waals surface area (Å²) in [5, 5.41) is 9.15. The standard InChI is InChI=1S/C16H18FNO/c17-16-9-5-4-8-15(16)13-18(10-11-19)12-14-6-2-1-3-7-14/h1-9,19H,10-13H2/p+1. The fraction of sp³-hybridized carbons (Fsp3) is 0.250. The summed E-state index contributed by atoms with van der Waals surface area (Å²) in [6.45, 7) is 2.09. The molecule has 0 spiro atoms. The first-order chi connectivity index (χ1) is 9.29. The average Bonchev–Trinajstić information content (AvgIpc) is 2.43. The molecule has 3 heteroatoms. The Bertz CT molecular complexity index is 501. The maximum absolute atomic E-state index is 13.7. The summed E-state index contributed by atoms with van der Waals surface area (Å²) in [5.74, 6) is -0.175. The summed E-state index contributed by atoms with van der Waals surface area (Å²) in [5.41, 5.74) is 1.89. The van der Waals surface area contributed by atoms with E-state index < -0.39 is 0 Å². The molecule has 0 aliphatic heterocycles. The van der Waals surface area contributed by atoms with Gasteiger partial charge in [-0.2, -0.15) is 0 Å². The highest BCUT2D eigenvalue weighted by Gasteiger charge is 2.12. The normalized spacial score (nSPS) is 12.3. The Morgan fingerprint density at radius 3 is 2.26 bits per heavy atom. The first-order valence-electron chi connectivity index (χ1n) is 6.51. The van der Waals surface area contributed by atoms with Crippen LogP contribution < -0.4 is 4.90 Å². The van der Waals surface area contributed by atoms with Crippen LogP contribution in [0.2, 0.25) is 0 Å². The molecule has 0 aliphatic carbocycles. The first kappa shape index (κ1) is 13.7. The van der Waals surface area contributed by atoms with Crippen LogP contribution in [-0.2, 0) is 13.1 Å². The Kier molecular flexibility index (Phi) is 5.07. The minimum Gasteiger partial charge on any atom is -0.391 e. The van der Waals surface area contributed by atoms with Crippen molar-refractivity contribution in [3.8, 4) is 0 Å². The fourth-order valence-electron chi connectivity index (χ4n) is 2.19. The molecule has 0 fully saturated rings. The largest absolute Gasteiger partial charge is 0.391 e. The summed E-state index contributed by atoms with van der Waals surface area (Å²) >= 11 is 0. The Hall–Kier alpha value is -1.71. The van der Waals surface area contributed by atoms with E-state index in [0.29, 0.717) is 18.7 Å². The molecule has 0 heterocycles. The smallest absolute Gasteiger partial charge is 0.132 e. The van der Waals surface area contributed by atoms with Gasteiger partial charge in [0.2, 0.25) is 0 Å². The minimum absolute atomic E-state index is 0.108. The molecule has 0 saturated carbocycles. The minimum atomic E-state index is -0.175. The van der Waals surface area contributed by atoms with Gasteiger partial charge in [0.25, 0.3) is 0 Å². The lowest BCUT2D eigenvalue weighted by molar-refractivity contribution is -0.928. The van der Waals surface area contributed by atoms with Gasteiger partial charge >= 0.3 is 0 Å². The number of hydrogen-bond acceptors (Lipinski definition) is 1. The van der Waals surface area contributed by atoms with Crippen LogP contribution in [-0.4, -0.2) is 18.3 Å². The molecule has 2 aromatic carbocycles. The molecule has 2 nitrogen and oxygen atoms in total. The molecule has 0 bridgehead atoms. The molecule has 0 aliphatic rings. The topological polar surface area (TPSA) is 24.7 Å². The van der Waals surface area contributed by atoms with Gasteiger partial charge in [-0.1, -0.05) is 48.5 Å². The summed E-state index contributed by atoms with van der Waals surface area (Å²) in [7, 11) is 0.